The Labute approximate surface area is 99.0 Å². The molecule has 1 N–H and O–H groups in total. The maximum Gasteiger partial charge on any atom is 0.116 e. The van der Waals surface area contributed by atoms with Gasteiger partial charge in [-0.3, -0.25) is 0 Å². The summed E-state index contributed by atoms with van der Waals surface area (Å²) in [7, 11) is 0. The summed E-state index contributed by atoms with van der Waals surface area (Å²) in [5.74, 6) is 0.243. The fourth-order valence-corrected chi connectivity index (χ4v) is 1.47. The third kappa shape index (κ3) is 3.01. The molecule has 0 aliphatic heterocycles. The molecule has 3 heteroatoms. The van der Waals surface area contributed by atoms with Gasteiger partial charge in [0.05, 0.1) is 0 Å². The predicted molar refractivity (Wildman–Crippen MR) is 68.9 cm³/mol. The quantitative estimate of drug-likeness (QED) is 0.634. The lowest BCUT2D eigenvalue weighted by Crippen LogP contribution is -1.73. The van der Waals surface area contributed by atoms with Crippen molar-refractivity contribution in [2.24, 2.45) is 5.18 Å². The van der Waals surface area contributed by atoms with Crippen LogP contribution in [0.3, 0.4) is 0 Å². The summed E-state index contributed by atoms with van der Waals surface area (Å²) in [6.45, 7) is 0. The van der Waals surface area contributed by atoms with Crippen molar-refractivity contribution in [3.63, 3.8) is 0 Å². The van der Waals surface area contributed by atoms with E-state index in [1.54, 1.807) is 30.3 Å². The Morgan fingerprint density at radius 3 is 2.29 bits per heavy atom. The van der Waals surface area contributed by atoms with E-state index in [2.05, 4.69) is 5.18 Å². The molecule has 2 rings (SSSR count). The van der Waals surface area contributed by atoms with Crippen molar-refractivity contribution < 1.29 is 5.11 Å². The molecule has 0 spiro atoms. The van der Waals surface area contributed by atoms with Crippen LogP contribution in [0, 0.1) is 4.91 Å². The molecule has 0 aromatic heterocycles. The van der Waals surface area contributed by atoms with Crippen LogP contribution < -0.4 is 0 Å². The Morgan fingerprint density at radius 1 is 0.941 bits per heavy atom. The van der Waals surface area contributed by atoms with Crippen LogP contribution in [0.25, 0.3) is 12.2 Å². The zero-order valence-electron chi connectivity index (χ0n) is 9.08. The summed E-state index contributed by atoms with van der Waals surface area (Å²) < 4.78 is 0. The van der Waals surface area contributed by atoms with Gasteiger partial charge in [0.1, 0.15) is 11.4 Å². The standard InChI is InChI=1S/C14H11NO2/c16-14-3-1-2-12(10-14)5-4-11-6-8-13(15-17)9-7-11/h1-10,16H/b5-4+. The van der Waals surface area contributed by atoms with Gasteiger partial charge in [-0.15, -0.1) is 4.91 Å². The zero-order valence-corrected chi connectivity index (χ0v) is 9.08. The highest BCUT2D eigenvalue weighted by Gasteiger charge is 1.92. The van der Waals surface area contributed by atoms with E-state index in [0.29, 0.717) is 5.69 Å². The molecule has 0 amide bonds. The first kappa shape index (κ1) is 11.1. The molecule has 0 fully saturated rings. The number of rotatable bonds is 3. The molecule has 0 aliphatic rings. The van der Waals surface area contributed by atoms with Crippen LogP contribution >= 0.6 is 0 Å². The van der Waals surface area contributed by atoms with Gasteiger partial charge in [0.2, 0.25) is 0 Å². The van der Waals surface area contributed by atoms with E-state index in [9.17, 15) is 10.0 Å². The Morgan fingerprint density at radius 2 is 1.65 bits per heavy atom. The molecular weight excluding hydrogens is 214 g/mol. The second-order valence-electron chi connectivity index (χ2n) is 3.61. The molecule has 2 aromatic rings. The van der Waals surface area contributed by atoms with E-state index in [4.69, 9.17) is 0 Å². The average Bonchev–Trinajstić information content (AvgIpc) is 2.37. The topological polar surface area (TPSA) is 49.7 Å². The fourth-order valence-electron chi connectivity index (χ4n) is 1.47. The molecule has 3 nitrogen and oxygen atoms in total. The second-order valence-corrected chi connectivity index (χ2v) is 3.61. The van der Waals surface area contributed by atoms with Crippen LogP contribution in [0.1, 0.15) is 11.1 Å². The van der Waals surface area contributed by atoms with Gasteiger partial charge in [-0.25, -0.2) is 0 Å². The van der Waals surface area contributed by atoms with Gasteiger partial charge in [-0.05, 0) is 40.6 Å². The van der Waals surface area contributed by atoms with E-state index in [-0.39, 0.29) is 5.75 Å². The first-order chi connectivity index (χ1) is 8.28. The van der Waals surface area contributed by atoms with Crippen LogP contribution in [0.2, 0.25) is 0 Å². The van der Waals surface area contributed by atoms with E-state index in [1.807, 2.05) is 30.4 Å². The Balaban J connectivity index is 2.17. The van der Waals surface area contributed by atoms with Crippen LogP contribution in [-0.4, -0.2) is 5.11 Å². The highest BCUT2D eigenvalue weighted by atomic mass is 16.3. The molecule has 0 saturated carbocycles. The Kier molecular flexibility index (Phi) is 3.31. The van der Waals surface area contributed by atoms with Crippen molar-refractivity contribution in [2.45, 2.75) is 0 Å². The van der Waals surface area contributed by atoms with Crippen molar-refractivity contribution in [3.05, 3.63) is 64.6 Å². The molecule has 0 bridgehead atoms. The van der Waals surface area contributed by atoms with Gasteiger partial charge in [0.25, 0.3) is 0 Å². The lowest BCUT2D eigenvalue weighted by atomic mass is 10.1. The van der Waals surface area contributed by atoms with Crippen molar-refractivity contribution in [3.8, 4) is 5.75 Å². The van der Waals surface area contributed by atoms with Gasteiger partial charge >= 0.3 is 0 Å². The number of nitroso groups, excluding NO2 is 1. The SMILES string of the molecule is O=Nc1ccc(/C=C/c2cccc(O)c2)cc1. The highest BCUT2D eigenvalue weighted by molar-refractivity contribution is 5.70. The first-order valence-electron chi connectivity index (χ1n) is 5.18. The molecular formula is C14H11NO2. The van der Waals surface area contributed by atoms with Crippen LogP contribution in [0.15, 0.2) is 53.7 Å². The first-order valence-corrected chi connectivity index (χ1v) is 5.18. The van der Waals surface area contributed by atoms with Gasteiger partial charge in [-0.1, -0.05) is 36.4 Å². The predicted octanol–water partition coefficient (Wildman–Crippen LogP) is 3.96. The maximum atomic E-state index is 10.2. The smallest absolute Gasteiger partial charge is 0.116 e. The van der Waals surface area contributed by atoms with Gasteiger partial charge in [0, 0.05) is 0 Å². The number of phenols is 1. The molecule has 0 aliphatic carbocycles. The number of phenolic OH excluding ortho intramolecular Hbond substituents is 1. The summed E-state index contributed by atoms with van der Waals surface area (Å²) in [5.41, 5.74) is 2.31. The van der Waals surface area contributed by atoms with Crippen LogP contribution in [-0.2, 0) is 0 Å². The minimum absolute atomic E-state index is 0.243. The summed E-state index contributed by atoms with van der Waals surface area (Å²) in [6.07, 6.45) is 3.80. The Hall–Kier alpha value is -2.42. The van der Waals surface area contributed by atoms with Gasteiger partial charge in [0.15, 0.2) is 0 Å². The molecule has 2 aromatic carbocycles. The summed E-state index contributed by atoms with van der Waals surface area (Å²) in [5, 5.41) is 12.1. The van der Waals surface area contributed by atoms with Gasteiger partial charge < -0.3 is 5.11 Å². The lowest BCUT2D eigenvalue weighted by molar-refractivity contribution is 0.475. The molecule has 84 valence electrons. The third-order valence-corrected chi connectivity index (χ3v) is 2.34. The number of hydrogen-bond acceptors (Lipinski definition) is 3. The minimum atomic E-state index is 0.243. The van der Waals surface area contributed by atoms with Crippen molar-refractivity contribution in [1.29, 1.82) is 0 Å². The monoisotopic (exact) mass is 225 g/mol. The second kappa shape index (κ2) is 5.07. The third-order valence-electron chi connectivity index (χ3n) is 2.34. The molecule has 0 saturated heterocycles. The molecule has 0 unspecified atom stereocenters. The van der Waals surface area contributed by atoms with Gasteiger partial charge in [-0.2, -0.15) is 0 Å². The minimum Gasteiger partial charge on any atom is -0.508 e. The van der Waals surface area contributed by atoms with Crippen LogP contribution in [0.4, 0.5) is 5.69 Å². The van der Waals surface area contributed by atoms with Crippen molar-refractivity contribution in [2.75, 3.05) is 0 Å². The summed E-state index contributed by atoms with van der Waals surface area (Å²) in [6, 6.07) is 13.9. The normalized spacial score (nSPS) is 10.6. The number of nitrogens with zero attached hydrogens (tertiary/aromatic N) is 1. The maximum absolute atomic E-state index is 10.2. The summed E-state index contributed by atoms with van der Waals surface area (Å²) in [4.78, 5) is 10.2. The number of aromatic hydroxyl groups is 1. The largest absolute Gasteiger partial charge is 0.508 e. The van der Waals surface area contributed by atoms with E-state index < -0.39 is 0 Å². The Bertz CT molecular complexity index is 544. The van der Waals surface area contributed by atoms with E-state index >= 15 is 0 Å². The molecule has 0 heterocycles. The average molecular weight is 225 g/mol. The summed E-state index contributed by atoms with van der Waals surface area (Å²) >= 11 is 0. The van der Waals surface area contributed by atoms with Crippen molar-refractivity contribution in [1.82, 2.24) is 0 Å². The van der Waals surface area contributed by atoms with Crippen molar-refractivity contribution >= 4 is 17.8 Å². The molecule has 17 heavy (non-hydrogen) atoms. The van der Waals surface area contributed by atoms with E-state index in [0.717, 1.165) is 11.1 Å². The highest BCUT2D eigenvalue weighted by Crippen LogP contribution is 2.16. The molecule has 0 atom stereocenters. The van der Waals surface area contributed by atoms with Crippen LogP contribution in [0.5, 0.6) is 5.75 Å². The molecule has 0 radical (unpaired) electrons. The zero-order chi connectivity index (χ0) is 12.1. The number of hydrogen-bond donors (Lipinski definition) is 1. The number of benzene rings is 2. The van der Waals surface area contributed by atoms with E-state index in [1.165, 1.54) is 0 Å². The fraction of sp³-hybridized carbons (Fsp3) is 0. The lowest BCUT2D eigenvalue weighted by Gasteiger charge is -1.96.